The topological polar surface area (TPSA) is 28.4 Å². The predicted molar refractivity (Wildman–Crippen MR) is 72.0 cm³/mol. The van der Waals surface area contributed by atoms with Crippen molar-refractivity contribution in [3.05, 3.63) is 35.8 Å². The number of rotatable bonds is 8. The normalized spacial score (nSPS) is 11.1. The fraction of sp³-hybridized carbons (Fsp3) is 0.571. The molecule has 0 spiro atoms. The van der Waals surface area contributed by atoms with Crippen LogP contribution < -0.4 is 5.32 Å². The highest BCUT2D eigenvalue weighted by Gasteiger charge is 2.08. The first-order chi connectivity index (χ1) is 8.17. The van der Waals surface area contributed by atoms with E-state index in [9.17, 15) is 0 Å². The molecular weight excluding hydrogens is 212 g/mol. The summed E-state index contributed by atoms with van der Waals surface area (Å²) in [5, 5.41) is 3.10. The molecule has 0 aliphatic carbocycles. The van der Waals surface area contributed by atoms with E-state index < -0.39 is 0 Å². The number of unbranched alkanes of at least 4 members (excludes halogenated alkanes) is 1. The molecule has 3 nitrogen and oxygen atoms in total. The summed E-state index contributed by atoms with van der Waals surface area (Å²) < 4.78 is 5.68. The van der Waals surface area contributed by atoms with Crippen molar-refractivity contribution in [2.24, 2.45) is 0 Å². The highest BCUT2D eigenvalue weighted by atomic mass is 16.3. The van der Waals surface area contributed by atoms with E-state index in [-0.39, 0.29) is 0 Å². The van der Waals surface area contributed by atoms with Gasteiger partial charge in [-0.05, 0) is 46.5 Å². The van der Waals surface area contributed by atoms with Crippen molar-refractivity contribution in [3.8, 4) is 0 Å². The highest BCUT2D eigenvalue weighted by molar-refractivity contribution is 5.20. The number of hydrogen-bond acceptors (Lipinski definition) is 3. The molecule has 17 heavy (non-hydrogen) atoms. The first kappa shape index (κ1) is 14.0. The minimum absolute atomic E-state index is 0.793. The van der Waals surface area contributed by atoms with Crippen LogP contribution in [-0.2, 0) is 13.1 Å². The van der Waals surface area contributed by atoms with Gasteiger partial charge < -0.3 is 14.6 Å². The number of nitrogens with one attached hydrogen (secondary N) is 1. The summed E-state index contributed by atoms with van der Waals surface area (Å²) in [4.78, 5) is 2.32. The number of hydrogen-bond donors (Lipinski definition) is 1. The first-order valence-corrected chi connectivity index (χ1v) is 6.19. The van der Waals surface area contributed by atoms with Crippen LogP contribution in [-0.4, -0.2) is 25.5 Å². The first-order valence-electron chi connectivity index (χ1n) is 6.19. The molecule has 0 saturated carbocycles. The number of nitrogens with zero attached hydrogens (tertiary/aromatic N) is 1. The van der Waals surface area contributed by atoms with Crippen molar-refractivity contribution < 1.29 is 4.42 Å². The maximum atomic E-state index is 5.68. The van der Waals surface area contributed by atoms with Crippen LogP contribution >= 0.6 is 0 Å². The maximum Gasteiger partial charge on any atom is 0.118 e. The second-order valence-corrected chi connectivity index (χ2v) is 4.49. The van der Waals surface area contributed by atoms with E-state index in [4.69, 9.17) is 4.42 Å². The van der Waals surface area contributed by atoms with Crippen molar-refractivity contribution in [1.82, 2.24) is 10.2 Å². The quantitative estimate of drug-likeness (QED) is 0.555. The lowest BCUT2D eigenvalue weighted by Crippen LogP contribution is -2.19. The minimum atomic E-state index is 0.793. The van der Waals surface area contributed by atoms with Crippen molar-refractivity contribution in [2.45, 2.75) is 32.9 Å². The van der Waals surface area contributed by atoms with Crippen LogP contribution in [0.15, 0.2) is 23.1 Å². The summed E-state index contributed by atoms with van der Waals surface area (Å²) in [7, 11) is 4.08. The molecule has 0 radical (unpaired) electrons. The van der Waals surface area contributed by atoms with Crippen molar-refractivity contribution in [3.63, 3.8) is 0 Å². The van der Waals surface area contributed by atoms with E-state index in [0.29, 0.717) is 0 Å². The van der Waals surface area contributed by atoms with Gasteiger partial charge in [-0.2, -0.15) is 0 Å². The molecule has 0 bridgehead atoms. The average molecular weight is 236 g/mol. The Hall–Kier alpha value is -1.06. The minimum Gasteiger partial charge on any atom is -0.465 e. The lowest BCUT2D eigenvalue weighted by atomic mass is 10.2. The van der Waals surface area contributed by atoms with Crippen molar-refractivity contribution >= 4 is 0 Å². The molecule has 1 aromatic rings. The molecular formula is C14H24N2O. The summed E-state index contributed by atoms with van der Waals surface area (Å²) in [5.74, 6) is 2.05. The third-order valence-electron chi connectivity index (χ3n) is 2.81. The van der Waals surface area contributed by atoms with E-state index in [2.05, 4.69) is 29.9 Å². The van der Waals surface area contributed by atoms with Gasteiger partial charge in [0.15, 0.2) is 0 Å². The Bertz CT molecular complexity index is 344. The van der Waals surface area contributed by atoms with Gasteiger partial charge in [0.1, 0.15) is 11.5 Å². The van der Waals surface area contributed by atoms with E-state index >= 15 is 0 Å². The lowest BCUT2D eigenvalue weighted by Gasteiger charge is -2.15. The van der Waals surface area contributed by atoms with Crippen molar-refractivity contribution in [2.75, 3.05) is 20.6 Å². The predicted octanol–water partition coefficient (Wildman–Crippen LogP) is 2.71. The van der Waals surface area contributed by atoms with E-state index in [1.165, 1.54) is 12.0 Å². The molecule has 0 aromatic carbocycles. The Labute approximate surface area is 104 Å². The molecule has 0 aliphatic heterocycles. The Morgan fingerprint density at radius 1 is 1.53 bits per heavy atom. The fourth-order valence-corrected chi connectivity index (χ4v) is 1.88. The number of aryl methyl sites for hydroxylation is 1. The van der Waals surface area contributed by atoms with Gasteiger partial charge in [-0.25, -0.2) is 0 Å². The van der Waals surface area contributed by atoms with Crippen LogP contribution in [0.1, 0.15) is 29.9 Å². The maximum absolute atomic E-state index is 5.68. The summed E-state index contributed by atoms with van der Waals surface area (Å²) in [5.41, 5.74) is 1.29. The van der Waals surface area contributed by atoms with Gasteiger partial charge in [-0.1, -0.05) is 6.08 Å². The van der Waals surface area contributed by atoms with Gasteiger partial charge in [0.2, 0.25) is 0 Å². The van der Waals surface area contributed by atoms with Crippen LogP contribution in [0, 0.1) is 6.92 Å². The molecule has 1 heterocycles. The Morgan fingerprint density at radius 3 is 2.94 bits per heavy atom. The third kappa shape index (κ3) is 4.75. The summed E-state index contributed by atoms with van der Waals surface area (Å²) in [6, 6.07) is 2.15. The lowest BCUT2D eigenvalue weighted by molar-refractivity contribution is 0.320. The van der Waals surface area contributed by atoms with E-state index in [1.807, 2.05) is 20.0 Å². The van der Waals surface area contributed by atoms with Gasteiger partial charge in [0, 0.05) is 12.1 Å². The summed E-state index contributed by atoms with van der Waals surface area (Å²) in [6.45, 7) is 8.62. The molecule has 0 fully saturated rings. The van der Waals surface area contributed by atoms with Crippen LogP contribution in [0.4, 0.5) is 0 Å². The zero-order valence-electron chi connectivity index (χ0n) is 11.3. The van der Waals surface area contributed by atoms with Crippen LogP contribution in [0.25, 0.3) is 0 Å². The van der Waals surface area contributed by atoms with Gasteiger partial charge in [0.05, 0.1) is 6.54 Å². The third-order valence-corrected chi connectivity index (χ3v) is 2.81. The molecule has 96 valence electrons. The molecule has 1 rings (SSSR count). The molecule has 0 unspecified atom stereocenters. The summed E-state index contributed by atoms with van der Waals surface area (Å²) >= 11 is 0. The van der Waals surface area contributed by atoms with Crippen molar-refractivity contribution in [1.29, 1.82) is 0 Å². The second-order valence-electron chi connectivity index (χ2n) is 4.49. The molecule has 1 aromatic heterocycles. The van der Waals surface area contributed by atoms with Crippen LogP contribution in [0.3, 0.4) is 0 Å². The van der Waals surface area contributed by atoms with Crippen LogP contribution in [0.2, 0.25) is 0 Å². The smallest absolute Gasteiger partial charge is 0.118 e. The largest absolute Gasteiger partial charge is 0.465 e. The molecule has 0 saturated heterocycles. The van der Waals surface area contributed by atoms with Gasteiger partial charge in [0.25, 0.3) is 0 Å². The molecule has 0 aliphatic rings. The highest BCUT2D eigenvalue weighted by Crippen LogP contribution is 2.16. The molecule has 1 N–H and O–H groups in total. The zero-order valence-corrected chi connectivity index (χ0v) is 11.3. The van der Waals surface area contributed by atoms with Gasteiger partial charge >= 0.3 is 0 Å². The second kappa shape index (κ2) is 7.30. The monoisotopic (exact) mass is 236 g/mol. The fourth-order valence-electron chi connectivity index (χ4n) is 1.88. The molecule has 3 heteroatoms. The molecule has 0 amide bonds. The SMILES string of the molecule is C=CCCCN(C)Cc1cc(CNC)oc1C. The Balaban J connectivity index is 2.46. The summed E-state index contributed by atoms with van der Waals surface area (Å²) in [6.07, 6.45) is 4.22. The molecule has 0 atom stereocenters. The zero-order chi connectivity index (χ0) is 12.7. The Morgan fingerprint density at radius 2 is 2.29 bits per heavy atom. The number of allylic oxidation sites excluding steroid dienone is 1. The number of furan rings is 1. The average Bonchev–Trinajstić information content (AvgIpc) is 2.60. The van der Waals surface area contributed by atoms with Crippen LogP contribution in [0.5, 0.6) is 0 Å². The van der Waals surface area contributed by atoms with E-state index in [0.717, 1.165) is 37.6 Å². The van der Waals surface area contributed by atoms with Gasteiger partial charge in [-0.3, -0.25) is 0 Å². The Kier molecular flexibility index (Phi) is 6.01. The van der Waals surface area contributed by atoms with E-state index in [1.54, 1.807) is 0 Å². The van der Waals surface area contributed by atoms with Gasteiger partial charge in [-0.15, -0.1) is 6.58 Å². The standard InChI is InChI=1S/C14H24N2O/c1-5-6-7-8-16(4)11-13-9-14(10-15-3)17-12(13)2/h5,9,15H,1,6-8,10-11H2,2-4H3.